The van der Waals surface area contributed by atoms with Gasteiger partial charge >= 0.3 is 0 Å². The minimum absolute atomic E-state index is 0.194. The third-order valence-electron chi connectivity index (χ3n) is 2.42. The molecule has 2 aromatic rings. The molecule has 2 rings (SSSR count). The van der Waals surface area contributed by atoms with Crippen LogP contribution in [0.25, 0.3) is 0 Å². The molecule has 0 aliphatic carbocycles. The van der Waals surface area contributed by atoms with Crippen molar-refractivity contribution in [3.8, 4) is 11.5 Å². The van der Waals surface area contributed by atoms with E-state index in [2.05, 4.69) is 5.32 Å². The highest BCUT2D eigenvalue weighted by Crippen LogP contribution is 2.21. The number of hydrogen-bond donors (Lipinski definition) is 3. The normalized spacial score (nSPS) is 10.2. The summed E-state index contributed by atoms with van der Waals surface area (Å²) < 4.78 is 13.0. The molecule has 0 saturated carbocycles. The Labute approximate surface area is 98.2 Å². The first-order chi connectivity index (χ1) is 8.16. The summed E-state index contributed by atoms with van der Waals surface area (Å²) in [5, 5.41) is 21.5. The number of halogens is 1. The summed E-state index contributed by atoms with van der Waals surface area (Å²) in [5.74, 6) is -0.857. The minimum Gasteiger partial charge on any atom is -0.508 e. The summed E-state index contributed by atoms with van der Waals surface area (Å²) >= 11 is 0. The molecule has 0 radical (unpaired) electrons. The summed E-state index contributed by atoms with van der Waals surface area (Å²) in [4.78, 5) is 0. The van der Waals surface area contributed by atoms with Gasteiger partial charge in [0, 0.05) is 23.9 Å². The molecule has 0 bridgehead atoms. The van der Waals surface area contributed by atoms with Crippen LogP contribution in [0.5, 0.6) is 11.5 Å². The summed E-state index contributed by atoms with van der Waals surface area (Å²) in [6.07, 6.45) is 0. The third-order valence-corrected chi connectivity index (χ3v) is 2.42. The number of nitrogens with one attached hydrogen (secondary N) is 1. The van der Waals surface area contributed by atoms with E-state index in [4.69, 9.17) is 5.11 Å². The van der Waals surface area contributed by atoms with Gasteiger partial charge in [0.2, 0.25) is 0 Å². The van der Waals surface area contributed by atoms with E-state index in [1.54, 1.807) is 24.3 Å². The van der Waals surface area contributed by atoms with Crippen LogP contribution in [0.15, 0.2) is 42.5 Å². The number of anilines is 1. The molecule has 0 fully saturated rings. The summed E-state index contributed by atoms with van der Waals surface area (Å²) in [6, 6.07) is 11.0. The average Bonchev–Trinajstić information content (AvgIpc) is 2.32. The van der Waals surface area contributed by atoms with Gasteiger partial charge in [0.25, 0.3) is 0 Å². The van der Waals surface area contributed by atoms with E-state index in [1.165, 1.54) is 12.1 Å². The Morgan fingerprint density at radius 3 is 2.47 bits per heavy atom. The summed E-state index contributed by atoms with van der Waals surface area (Å²) in [5.41, 5.74) is 1.27. The van der Waals surface area contributed by atoms with Crippen LogP contribution in [0.4, 0.5) is 10.1 Å². The first-order valence-corrected chi connectivity index (χ1v) is 5.16. The molecule has 0 heterocycles. The van der Waals surface area contributed by atoms with Crippen molar-refractivity contribution >= 4 is 5.69 Å². The van der Waals surface area contributed by atoms with Gasteiger partial charge in [-0.1, -0.05) is 18.2 Å². The monoisotopic (exact) mass is 233 g/mol. The Kier molecular flexibility index (Phi) is 3.14. The Balaban J connectivity index is 2.08. The van der Waals surface area contributed by atoms with Crippen molar-refractivity contribution in [1.29, 1.82) is 0 Å². The van der Waals surface area contributed by atoms with E-state index in [0.29, 0.717) is 12.2 Å². The molecule has 0 unspecified atom stereocenters. The van der Waals surface area contributed by atoms with Gasteiger partial charge in [0.05, 0.1) is 0 Å². The summed E-state index contributed by atoms with van der Waals surface area (Å²) in [6.45, 7) is 0.386. The average molecular weight is 233 g/mol. The van der Waals surface area contributed by atoms with Crippen molar-refractivity contribution in [3.63, 3.8) is 0 Å². The van der Waals surface area contributed by atoms with Crippen molar-refractivity contribution in [1.82, 2.24) is 0 Å². The van der Waals surface area contributed by atoms with Gasteiger partial charge in [0.15, 0.2) is 11.6 Å². The SMILES string of the molecule is Oc1ccc(NCc2ccccc2O)cc1F. The molecule has 17 heavy (non-hydrogen) atoms. The Morgan fingerprint density at radius 2 is 1.76 bits per heavy atom. The predicted molar refractivity (Wildman–Crippen MR) is 63.5 cm³/mol. The first kappa shape index (κ1) is 11.3. The van der Waals surface area contributed by atoms with Crippen molar-refractivity contribution in [3.05, 3.63) is 53.8 Å². The molecule has 4 heteroatoms. The molecule has 0 amide bonds. The molecule has 0 spiro atoms. The topological polar surface area (TPSA) is 52.5 Å². The van der Waals surface area contributed by atoms with Gasteiger partial charge in [-0.05, 0) is 18.2 Å². The lowest BCUT2D eigenvalue weighted by Crippen LogP contribution is -1.99. The fourth-order valence-electron chi connectivity index (χ4n) is 1.47. The molecular formula is C13H12FNO2. The second-order valence-corrected chi connectivity index (χ2v) is 3.65. The zero-order chi connectivity index (χ0) is 12.3. The van der Waals surface area contributed by atoms with Crippen LogP contribution in [-0.2, 0) is 6.54 Å². The van der Waals surface area contributed by atoms with Crippen LogP contribution in [0.1, 0.15) is 5.56 Å². The number of rotatable bonds is 3. The number of aromatic hydroxyl groups is 2. The molecule has 0 aromatic heterocycles. The van der Waals surface area contributed by atoms with Crippen molar-refractivity contribution in [2.45, 2.75) is 6.54 Å². The van der Waals surface area contributed by atoms with E-state index in [0.717, 1.165) is 5.56 Å². The molecular weight excluding hydrogens is 221 g/mol. The lowest BCUT2D eigenvalue weighted by atomic mass is 10.2. The van der Waals surface area contributed by atoms with Crippen LogP contribution in [0.2, 0.25) is 0 Å². The van der Waals surface area contributed by atoms with Crippen LogP contribution in [-0.4, -0.2) is 10.2 Å². The van der Waals surface area contributed by atoms with Crippen LogP contribution >= 0.6 is 0 Å². The molecule has 3 nitrogen and oxygen atoms in total. The minimum atomic E-state index is -0.674. The molecule has 0 aliphatic rings. The van der Waals surface area contributed by atoms with Gasteiger partial charge < -0.3 is 15.5 Å². The largest absolute Gasteiger partial charge is 0.508 e. The Bertz CT molecular complexity index is 529. The number of para-hydroxylation sites is 1. The van der Waals surface area contributed by atoms with Gasteiger partial charge in [-0.25, -0.2) is 4.39 Å². The maximum atomic E-state index is 13.0. The van der Waals surface area contributed by atoms with Crippen molar-refractivity contribution < 1.29 is 14.6 Å². The third kappa shape index (κ3) is 2.66. The van der Waals surface area contributed by atoms with E-state index in [-0.39, 0.29) is 11.5 Å². The lowest BCUT2D eigenvalue weighted by molar-refractivity contribution is 0.432. The zero-order valence-corrected chi connectivity index (χ0v) is 9.02. The quantitative estimate of drug-likeness (QED) is 0.714. The zero-order valence-electron chi connectivity index (χ0n) is 9.02. The van der Waals surface area contributed by atoms with Gasteiger partial charge in [-0.15, -0.1) is 0 Å². The van der Waals surface area contributed by atoms with Gasteiger partial charge in [-0.2, -0.15) is 0 Å². The molecule has 3 N–H and O–H groups in total. The Morgan fingerprint density at radius 1 is 1.00 bits per heavy atom. The standard InChI is InChI=1S/C13H12FNO2/c14-11-7-10(5-6-13(11)17)15-8-9-3-1-2-4-12(9)16/h1-7,15-17H,8H2. The van der Waals surface area contributed by atoms with E-state index < -0.39 is 5.82 Å². The molecule has 0 atom stereocenters. The van der Waals surface area contributed by atoms with E-state index in [9.17, 15) is 9.50 Å². The van der Waals surface area contributed by atoms with Crippen molar-refractivity contribution in [2.24, 2.45) is 0 Å². The highest BCUT2D eigenvalue weighted by Gasteiger charge is 2.02. The molecule has 0 aliphatic heterocycles. The van der Waals surface area contributed by atoms with E-state index in [1.807, 2.05) is 6.07 Å². The number of phenolic OH excluding ortho intramolecular Hbond substituents is 2. The maximum absolute atomic E-state index is 13.0. The lowest BCUT2D eigenvalue weighted by Gasteiger charge is -2.08. The highest BCUT2D eigenvalue weighted by molar-refractivity contribution is 5.48. The smallest absolute Gasteiger partial charge is 0.166 e. The first-order valence-electron chi connectivity index (χ1n) is 5.16. The van der Waals surface area contributed by atoms with Crippen LogP contribution in [0.3, 0.4) is 0 Å². The Hall–Kier alpha value is -2.23. The second-order valence-electron chi connectivity index (χ2n) is 3.65. The second kappa shape index (κ2) is 4.74. The molecule has 88 valence electrons. The van der Waals surface area contributed by atoms with Crippen LogP contribution < -0.4 is 5.32 Å². The molecule has 0 saturated heterocycles. The van der Waals surface area contributed by atoms with Crippen molar-refractivity contribution in [2.75, 3.05) is 5.32 Å². The van der Waals surface area contributed by atoms with E-state index >= 15 is 0 Å². The van der Waals surface area contributed by atoms with Gasteiger partial charge in [0.1, 0.15) is 5.75 Å². The predicted octanol–water partition coefficient (Wildman–Crippen LogP) is 2.85. The number of benzene rings is 2. The number of phenols is 2. The fraction of sp³-hybridized carbons (Fsp3) is 0.0769. The maximum Gasteiger partial charge on any atom is 0.166 e. The molecule has 2 aromatic carbocycles. The summed E-state index contributed by atoms with van der Waals surface area (Å²) in [7, 11) is 0. The van der Waals surface area contributed by atoms with Gasteiger partial charge in [-0.3, -0.25) is 0 Å². The highest BCUT2D eigenvalue weighted by atomic mass is 19.1. The number of hydrogen-bond acceptors (Lipinski definition) is 3. The fourth-order valence-corrected chi connectivity index (χ4v) is 1.47. The van der Waals surface area contributed by atoms with Crippen LogP contribution in [0, 0.1) is 5.82 Å².